The van der Waals surface area contributed by atoms with Crippen molar-refractivity contribution in [1.29, 1.82) is 0 Å². The average Bonchev–Trinajstić information content (AvgIpc) is 2.90. The first-order valence-corrected chi connectivity index (χ1v) is 8.24. The van der Waals surface area contributed by atoms with E-state index < -0.39 is 34.7 Å². The van der Waals surface area contributed by atoms with Gasteiger partial charge in [0.1, 0.15) is 12.2 Å². The predicted molar refractivity (Wildman–Crippen MR) is 89.2 cm³/mol. The smallest absolute Gasteiger partial charge is 0.280 e. The number of fused-ring (bicyclic) bond motifs is 2. The van der Waals surface area contributed by atoms with Crippen LogP contribution in [0.3, 0.4) is 0 Å². The van der Waals surface area contributed by atoms with Gasteiger partial charge in [-0.3, -0.25) is 14.3 Å². The Bertz CT molecular complexity index is 961. The van der Waals surface area contributed by atoms with Gasteiger partial charge in [-0.1, -0.05) is 11.6 Å². The van der Waals surface area contributed by atoms with Crippen molar-refractivity contribution in [3.63, 3.8) is 0 Å². The fourth-order valence-electron chi connectivity index (χ4n) is 2.94. The van der Waals surface area contributed by atoms with Gasteiger partial charge >= 0.3 is 0 Å². The molecule has 1 saturated carbocycles. The molecule has 12 heteroatoms. The zero-order valence-electron chi connectivity index (χ0n) is 13.8. The van der Waals surface area contributed by atoms with Gasteiger partial charge in [0.25, 0.3) is 10.7 Å². The Hall–Kier alpha value is -2.08. The highest BCUT2D eigenvalue weighted by Crippen LogP contribution is 2.63. The molecule has 1 saturated heterocycles. The number of alkyl halides is 2. The van der Waals surface area contributed by atoms with Gasteiger partial charge in [0.05, 0.1) is 12.7 Å². The number of hydrogen-bond acceptors (Lipinski definition) is 7. The van der Waals surface area contributed by atoms with E-state index in [4.69, 9.17) is 16.3 Å². The molecular formula is C14H16ClFN6O4. The summed E-state index contributed by atoms with van der Waals surface area (Å²) in [5.74, 6) is -0.00881. The van der Waals surface area contributed by atoms with Gasteiger partial charge in [-0.2, -0.15) is 4.98 Å². The molecule has 10 nitrogen and oxygen atoms in total. The molecule has 5 atom stereocenters. The summed E-state index contributed by atoms with van der Waals surface area (Å²) in [6.45, 7) is 2.62. The van der Waals surface area contributed by atoms with E-state index >= 15 is 0 Å². The van der Waals surface area contributed by atoms with Gasteiger partial charge in [0, 0.05) is 13.6 Å². The number of aliphatic hydroxyl groups is 2. The number of nitrogens with one attached hydrogen (secondary N) is 1. The molecule has 26 heavy (non-hydrogen) atoms. The molecule has 140 valence electrons. The Balaban J connectivity index is 1.77. The molecule has 1 unspecified atom stereocenters. The second-order valence-electron chi connectivity index (χ2n) is 6.33. The maximum absolute atomic E-state index is 15.0. The SMILES string of the molecule is CCN(C)C=Nc1nc2c(ncn2[C@@H]2O[C@@H]3C(O)[C@]3(O)[C@]2(F)Cl)c(=O)[nH]1. The molecule has 1 aliphatic heterocycles. The topological polar surface area (TPSA) is 129 Å². The summed E-state index contributed by atoms with van der Waals surface area (Å²) in [5, 5.41) is 16.9. The fraction of sp³-hybridized carbons (Fsp3) is 0.571. The van der Waals surface area contributed by atoms with Crippen molar-refractivity contribution < 1.29 is 19.3 Å². The van der Waals surface area contributed by atoms with Crippen LogP contribution in [0.5, 0.6) is 0 Å². The van der Waals surface area contributed by atoms with E-state index in [0.29, 0.717) is 6.54 Å². The highest BCUT2D eigenvalue weighted by Gasteiger charge is 2.85. The lowest BCUT2D eigenvalue weighted by Gasteiger charge is -2.27. The molecule has 0 amide bonds. The third-order valence-electron chi connectivity index (χ3n) is 4.73. The van der Waals surface area contributed by atoms with E-state index in [0.717, 1.165) is 10.9 Å². The van der Waals surface area contributed by atoms with Gasteiger partial charge in [0.2, 0.25) is 5.95 Å². The average molecular weight is 387 g/mol. The monoisotopic (exact) mass is 386 g/mol. The van der Waals surface area contributed by atoms with Crippen molar-refractivity contribution in [2.45, 2.75) is 36.1 Å². The number of aliphatic imine (C=N–C) groups is 1. The summed E-state index contributed by atoms with van der Waals surface area (Å²) in [6, 6.07) is 0. The Morgan fingerprint density at radius 1 is 1.65 bits per heavy atom. The minimum absolute atomic E-state index is 0.00730. The predicted octanol–water partition coefficient (Wildman–Crippen LogP) is -0.361. The van der Waals surface area contributed by atoms with E-state index in [1.807, 2.05) is 6.92 Å². The number of imidazole rings is 1. The Morgan fingerprint density at radius 3 is 3.00 bits per heavy atom. The van der Waals surface area contributed by atoms with Crippen molar-refractivity contribution >= 4 is 35.1 Å². The molecule has 3 N–H and O–H groups in total. The summed E-state index contributed by atoms with van der Waals surface area (Å²) < 4.78 is 21.4. The quantitative estimate of drug-likeness (QED) is 0.371. The Kier molecular flexibility index (Phi) is 3.64. The summed E-state index contributed by atoms with van der Waals surface area (Å²) in [5.41, 5.74) is -2.85. The molecular weight excluding hydrogens is 371 g/mol. The van der Waals surface area contributed by atoms with Crippen LogP contribution in [0.1, 0.15) is 13.2 Å². The Morgan fingerprint density at radius 2 is 2.38 bits per heavy atom. The molecule has 0 spiro atoms. The lowest BCUT2D eigenvalue weighted by molar-refractivity contribution is -0.0815. The summed E-state index contributed by atoms with van der Waals surface area (Å²) >= 11 is 5.85. The maximum Gasteiger partial charge on any atom is 0.280 e. The van der Waals surface area contributed by atoms with Crippen molar-refractivity contribution in [2.24, 2.45) is 4.99 Å². The van der Waals surface area contributed by atoms with Crippen molar-refractivity contribution in [3.05, 3.63) is 16.7 Å². The molecule has 1 aliphatic carbocycles. The van der Waals surface area contributed by atoms with Crippen molar-refractivity contribution in [1.82, 2.24) is 24.4 Å². The second kappa shape index (κ2) is 5.46. The normalized spacial score (nSPS) is 36.0. The number of ether oxygens (including phenoxy) is 1. The van der Waals surface area contributed by atoms with Crippen LogP contribution in [-0.4, -0.2) is 77.5 Å². The van der Waals surface area contributed by atoms with Gasteiger partial charge < -0.3 is 19.8 Å². The number of halogens is 2. The molecule has 0 aromatic carbocycles. The van der Waals surface area contributed by atoms with Crippen LogP contribution in [0.25, 0.3) is 11.2 Å². The van der Waals surface area contributed by atoms with Crippen LogP contribution in [0.15, 0.2) is 16.1 Å². The van der Waals surface area contributed by atoms with Crippen LogP contribution in [0.2, 0.25) is 0 Å². The third kappa shape index (κ3) is 2.14. The molecule has 0 radical (unpaired) electrons. The van der Waals surface area contributed by atoms with Crippen molar-refractivity contribution in [2.75, 3.05) is 13.6 Å². The summed E-state index contributed by atoms with van der Waals surface area (Å²) in [6.07, 6.45) is -1.48. The number of rotatable bonds is 4. The lowest BCUT2D eigenvalue weighted by atomic mass is 10.1. The van der Waals surface area contributed by atoms with Crippen molar-refractivity contribution in [3.8, 4) is 0 Å². The number of H-pyrrole nitrogens is 1. The standard InChI is InChI=1S/C14H16ClFN6O4/c1-3-21(2)4-18-12-19-9-6(10(24)20-12)17-5-22(9)11-14(15,16)13(25)7(23)8(13)26-11/h4-5,7-8,11,23,25H,3H2,1-2H3,(H,19,20,24)/t7?,8-,11-,13-,14+/m1/s1. The van der Waals surface area contributed by atoms with Crippen LogP contribution < -0.4 is 5.56 Å². The highest BCUT2D eigenvalue weighted by molar-refractivity contribution is 6.24. The number of aliphatic hydroxyl groups excluding tert-OH is 1. The van der Waals surface area contributed by atoms with E-state index in [1.165, 1.54) is 6.34 Å². The largest absolute Gasteiger partial charge is 0.387 e. The third-order valence-corrected chi connectivity index (χ3v) is 5.22. The van der Waals surface area contributed by atoms with Crippen LogP contribution in [0.4, 0.5) is 10.3 Å². The summed E-state index contributed by atoms with van der Waals surface area (Å²) in [4.78, 5) is 28.5. The molecule has 0 bridgehead atoms. The zero-order valence-corrected chi connectivity index (χ0v) is 14.6. The van der Waals surface area contributed by atoms with Crippen LogP contribution >= 0.6 is 11.6 Å². The lowest BCUT2D eigenvalue weighted by Crippen LogP contribution is -2.42. The van der Waals surface area contributed by atoms with Gasteiger partial charge in [-0.15, -0.1) is 0 Å². The zero-order chi connectivity index (χ0) is 18.9. The first kappa shape index (κ1) is 17.3. The number of hydrogen-bond donors (Lipinski definition) is 3. The van der Waals surface area contributed by atoms with Crippen LogP contribution in [0, 0.1) is 0 Å². The van der Waals surface area contributed by atoms with E-state index in [1.54, 1.807) is 11.9 Å². The van der Waals surface area contributed by atoms with E-state index in [2.05, 4.69) is 19.9 Å². The number of nitrogens with zero attached hydrogens (tertiary/aromatic N) is 5. The van der Waals surface area contributed by atoms with Gasteiger partial charge in [0.15, 0.2) is 23.0 Å². The van der Waals surface area contributed by atoms with Gasteiger partial charge in [-0.25, -0.2) is 14.4 Å². The van der Waals surface area contributed by atoms with E-state index in [-0.39, 0.29) is 17.1 Å². The van der Waals surface area contributed by atoms with Gasteiger partial charge in [-0.05, 0) is 6.92 Å². The second-order valence-corrected chi connectivity index (χ2v) is 6.88. The fourth-order valence-corrected chi connectivity index (χ4v) is 3.31. The van der Waals surface area contributed by atoms with E-state index in [9.17, 15) is 19.4 Å². The minimum atomic E-state index is -2.82. The molecule has 2 aliphatic rings. The number of aromatic amines is 1. The molecule has 2 aromatic heterocycles. The van der Waals surface area contributed by atoms with Crippen LogP contribution in [-0.2, 0) is 4.74 Å². The first-order chi connectivity index (χ1) is 12.2. The number of aromatic nitrogens is 4. The maximum atomic E-state index is 15.0. The molecule has 4 rings (SSSR count). The highest BCUT2D eigenvalue weighted by atomic mass is 35.5. The Labute approximate surface area is 150 Å². The molecule has 3 heterocycles. The minimum Gasteiger partial charge on any atom is -0.387 e. The first-order valence-electron chi connectivity index (χ1n) is 7.86. The molecule has 2 fully saturated rings. The summed E-state index contributed by atoms with van der Waals surface area (Å²) in [7, 11) is 1.79. The molecule has 2 aromatic rings.